The number of hydrogen-bond donors (Lipinski definition) is 2. The lowest BCUT2D eigenvalue weighted by Gasteiger charge is -2.08. The van der Waals surface area contributed by atoms with Crippen molar-refractivity contribution in [1.82, 2.24) is 4.98 Å². The Balaban J connectivity index is 1.57. The van der Waals surface area contributed by atoms with Crippen LogP contribution >= 0.6 is 11.6 Å². The average molecular weight is 338 g/mol. The highest BCUT2D eigenvalue weighted by Crippen LogP contribution is 2.16. The molecule has 1 aromatic heterocycles. The number of carbonyl (C=O) groups excluding carboxylic acids is 1. The van der Waals surface area contributed by atoms with Crippen molar-refractivity contribution in [1.29, 1.82) is 0 Å². The number of para-hydroxylation sites is 1. The Morgan fingerprint density at radius 3 is 2.33 bits per heavy atom. The summed E-state index contributed by atoms with van der Waals surface area (Å²) in [5.41, 5.74) is 2.53. The number of amides is 1. The van der Waals surface area contributed by atoms with Gasteiger partial charge in [0.15, 0.2) is 0 Å². The molecule has 4 nitrogen and oxygen atoms in total. The van der Waals surface area contributed by atoms with E-state index < -0.39 is 0 Å². The van der Waals surface area contributed by atoms with Gasteiger partial charge in [-0.3, -0.25) is 4.79 Å². The predicted molar refractivity (Wildman–Crippen MR) is 97.7 cm³/mol. The maximum atomic E-state index is 12.1. The quantitative estimate of drug-likeness (QED) is 0.712. The SMILES string of the molecule is O=C(Cc1ccc(Cl)cc1)Nc1ccc(Nc2ccccc2)nc1. The van der Waals surface area contributed by atoms with Crippen LogP contribution in [0.2, 0.25) is 5.02 Å². The lowest BCUT2D eigenvalue weighted by molar-refractivity contribution is -0.115. The van der Waals surface area contributed by atoms with Gasteiger partial charge in [0.2, 0.25) is 5.91 Å². The molecule has 0 aliphatic rings. The van der Waals surface area contributed by atoms with Crippen LogP contribution in [0.4, 0.5) is 17.2 Å². The highest BCUT2D eigenvalue weighted by atomic mass is 35.5. The summed E-state index contributed by atoms with van der Waals surface area (Å²) in [7, 11) is 0. The fraction of sp³-hybridized carbons (Fsp3) is 0.0526. The first kappa shape index (κ1) is 16.0. The molecule has 120 valence electrons. The van der Waals surface area contributed by atoms with Crippen molar-refractivity contribution in [2.75, 3.05) is 10.6 Å². The van der Waals surface area contributed by atoms with Crippen molar-refractivity contribution >= 4 is 34.7 Å². The van der Waals surface area contributed by atoms with Gasteiger partial charge in [0.05, 0.1) is 18.3 Å². The van der Waals surface area contributed by atoms with Gasteiger partial charge in [-0.05, 0) is 42.0 Å². The molecule has 2 aromatic carbocycles. The van der Waals surface area contributed by atoms with Crippen LogP contribution in [0.3, 0.4) is 0 Å². The van der Waals surface area contributed by atoms with Crippen molar-refractivity contribution in [3.63, 3.8) is 0 Å². The lowest BCUT2D eigenvalue weighted by Crippen LogP contribution is -2.14. The number of halogens is 1. The fourth-order valence-corrected chi connectivity index (χ4v) is 2.33. The van der Waals surface area contributed by atoms with E-state index in [-0.39, 0.29) is 5.91 Å². The van der Waals surface area contributed by atoms with Gasteiger partial charge in [-0.1, -0.05) is 41.9 Å². The molecule has 0 unspecified atom stereocenters. The second-order valence-electron chi connectivity index (χ2n) is 5.27. The van der Waals surface area contributed by atoms with Crippen LogP contribution in [0.25, 0.3) is 0 Å². The number of aromatic nitrogens is 1. The standard InChI is InChI=1S/C19H16ClN3O/c20-15-8-6-14(7-9-15)12-19(24)23-17-10-11-18(21-13-17)22-16-4-2-1-3-5-16/h1-11,13H,12H2,(H,21,22)(H,23,24). The largest absolute Gasteiger partial charge is 0.340 e. The third-order valence-electron chi connectivity index (χ3n) is 3.37. The summed E-state index contributed by atoms with van der Waals surface area (Å²) in [6, 6.07) is 20.7. The zero-order valence-electron chi connectivity index (χ0n) is 12.9. The third kappa shape index (κ3) is 4.57. The van der Waals surface area contributed by atoms with Crippen molar-refractivity contribution in [2.24, 2.45) is 0 Å². The van der Waals surface area contributed by atoms with Crippen LogP contribution < -0.4 is 10.6 Å². The summed E-state index contributed by atoms with van der Waals surface area (Å²) in [4.78, 5) is 16.4. The van der Waals surface area contributed by atoms with Crippen LogP contribution in [0.15, 0.2) is 72.9 Å². The Hall–Kier alpha value is -2.85. The molecule has 0 saturated heterocycles. The van der Waals surface area contributed by atoms with Gasteiger partial charge in [0, 0.05) is 10.7 Å². The molecule has 0 spiro atoms. The normalized spacial score (nSPS) is 10.2. The van der Waals surface area contributed by atoms with Crippen LogP contribution in [0.5, 0.6) is 0 Å². The molecule has 1 heterocycles. The molecular formula is C19H16ClN3O. The second-order valence-corrected chi connectivity index (χ2v) is 5.71. The Labute approximate surface area is 145 Å². The summed E-state index contributed by atoms with van der Waals surface area (Å²) in [6.45, 7) is 0. The Morgan fingerprint density at radius 1 is 0.917 bits per heavy atom. The lowest BCUT2D eigenvalue weighted by atomic mass is 10.1. The van der Waals surface area contributed by atoms with Gasteiger partial charge in [-0.15, -0.1) is 0 Å². The molecule has 0 radical (unpaired) electrons. The van der Waals surface area contributed by atoms with E-state index in [2.05, 4.69) is 15.6 Å². The van der Waals surface area contributed by atoms with E-state index in [1.54, 1.807) is 18.3 Å². The Morgan fingerprint density at radius 2 is 1.67 bits per heavy atom. The summed E-state index contributed by atoms with van der Waals surface area (Å²) in [6.07, 6.45) is 1.92. The minimum Gasteiger partial charge on any atom is -0.340 e. The molecule has 24 heavy (non-hydrogen) atoms. The molecule has 0 bridgehead atoms. The van der Waals surface area contributed by atoms with Crippen LogP contribution in [-0.4, -0.2) is 10.9 Å². The number of carbonyl (C=O) groups is 1. The molecular weight excluding hydrogens is 322 g/mol. The first-order valence-corrected chi connectivity index (χ1v) is 7.89. The second kappa shape index (κ2) is 7.62. The van der Waals surface area contributed by atoms with E-state index in [0.29, 0.717) is 17.1 Å². The monoisotopic (exact) mass is 337 g/mol. The third-order valence-corrected chi connectivity index (χ3v) is 3.62. The Bertz CT molecular complexity index is 802. The molecule has 1 amide bonds. The summed E-state index contributed by atoms with van der Waals surface area (Å²) < 4.78 is 0. The molecule has 0 aliphatic heterocycles. The summed E-state index contributed by atoms with van der Waals surface area (Å²) in [5.74, 6) is 0.625. The molecule has 3 aromatic rings. The van der Waals surface area contributed by atoms with Gasteiger partial charge in [0.25, 0.3) is 0 Å². The smallest absolute Gasteiger partial charge is 0.228 e. The molecule has 2 N–H and O–H groups in total. The number of nitrogens with zero attached hydrogens (tertiary/aromatic N) is 1. The van der Waals surface area contributed by atoms with Gasteiger partial charge in [-0.25, -0.2) is 4.98 Å². The number of rotatable bonds is 5. The van der Waals surface area contributed by atoms with Crippen LogP contribution in [-0.2, 0) is 11.2 Å². The van der Waals surface area contributed by atoms with Crippen LogP contribution in [0, 0.1) is 0 Å². The molecule has 3 rings (SSSR count). The highest BCUT2D eigenvalue weighted by molar-refractivity contribution is 6.30. The number of anilines is 3. The van der Waals surface area contributed by atoms with Gasteiger partial charge < -0.3 is 10.6 Å². The first-order valence-electron chi connectivity index (χ1n) is 7.51. The molecule has 5 heteroatoms. The maximum Gasteiger partial charge on any atom is 0.228 e. The minimum atomic E-state index is -0.0945. The van der Waals surface area contributed by atoms with Crippen LogP contribution in [0.1, 0.15) is 5.56 Å². The predicted octanol–water partition coefficient (Wildman–Crippen LogP) is 4.66. The molecule has 0 atom stereocenters. The minimum absolute atomic E-state index is 0.0945. The Kier molecular flexibility index (Phi) is 5.08. The van der Waals surface area contributed by atoms with E-state index in [1.165, 1.54) is 0 Å². The van der Waals surface area contributed by atoms with Crippen molar-refractivity contribution in [3.05, 3.63) is 83.5 Å². The summed E-state index contributed by atoms with van der Waals surface area (Å²) >= 11 is 5.84. The van der Waals surface area contributed by atoms with E-state index >= 15 is 0 Å². The van der Waals surface area contributed by atoms with Gasteiger partial charge >= 0.3 is 0 Å². The topological polar surface area (TPSA) is 54.0 Å². The first-order chi connectivity index (χ1) is 11.7. The summed E-state index contributed by atoms with van der Waals surface area (Å²) in [5, 5.41) is 6.68. The van der Waals surface area contributed by atoms with E-state index in [4.69, 9.17) is 11.6 Å². The molecule has 0 fully saturated rings. The van der Waals surface area contributed by atoms with E-state index in [1.807, 2.05) is 54.6 Å². The number of nitrogens with one attached hydrogen (secondary N) is 2. The fourth-order valence-electron chi connectivity index (χ4n) is 2.20. The van der Waals surface area contributed by atoms with Crippen molar-refractivity contribution in [2.45, 2.75) is 6.42 Å². The van der Waals surface area contributed by atoms with Crippen molar-refractivity contribution < 1.29 is 4.79 Å². The zero-order chi connectivity index (χ0) is 16.8. The molecule has 0 aliphatic carbocycles. The zero-order valence-corrected chi connectivity index (χ0v) is 13.6. The number of hydrogen-bond acceptors (Lipinski definition) is 3. The molecule has 0 saturated carbocycles. The van der Waals surface area contributed by atoms with Gasteiger partial charge in [-0.2, -0.15) is 0 Å². The number of benzene rings is 2. The van der Waals surface area contributed by atoms with Crippen molar-refractivity contribution in [3.8, 4) is 0 Å². The van der Waals surface area contributed by atoms with Gasteiger partial charge in [0.1, 0.15) is 5.82 Å². The van der Waals surface area contributed by atoms with E-state index in [0.717, 1.165) is 17.1 Å². The average Bonchev–Trinajstić information content (AvgIpc) is 2.60. The van der Waals surface area contributed by atoms with E-state index in [9.17, 15) is 4.79 Å². The number of pyridine rings is 1. The maximum absolute atomic E-state index is 12.1. The highest BCUT2D eigenvalue weighted by Gasteiger charge is 2.05.